The van der Waals surface area contributed by atoms with Gasteiger partial charge in [-0.05, 0) is 30.3 Å². The fraction of sp³-hybridized carbons (Fsp3) is 0. The first kappa shape index (κ1) is 14.1. The highest BCUT2D eigenvalue weighted by molar-refractivity contribution is 6.31. The molecule has 0 saturated heterocycles. The number of carbonyl (C=O) groups is 2. The molecule has 0 fully saturated rings. The summed E-state index contributed by atoms with van der Waals surface area (Å²) in [6, 6.07) is 10.9. The molecule has 1 N–H and O–H groups in total. The van der Waals surface area contributed by atoms with E-state index in [1.54, 1.807) is 42.5 Å². The fourth-order valence-corrected chi connectivity index (χ4v) is 2.16. The van der Waals surface area contributed by atoms with Crippen molar-refractivity contribution in [3.8, 4) is 0 Å². The van der Waals surface area contributed by atoms with Crippen molar-refractivity contribution in [2.24, 2.45) is 0 Å². The van der Waals surface area contributed by atoms with Gasteiger partial charge >= 0.3 is 6.03 Å². The average molecular weight is 316 g/mol. The molecule has 3 amide bonds. The van der Waals surface area contributed by atoms with Gasteiger partial charge in [-0.15, -0.1) is 0 Å². The number of rotatable bonds is 3. The largest absolute Gasteiger partial charge is 0.443 e. The van der Waals surface area contributed by atoms with E-state index in [2.05, 4.69) is 10.3 Å². The highest BCUT2D eigenvalue weighted by Crippen LogP contribution is 2.22. The lowest BCUT2D eigenvalue weighted by Crippen LogP contribution is -2.33. The number of imide groups is 1. The zero-order valence-electron chi connectivity index (χ0n) is 11.2. The third-order valence-electron chi connectivity index (χ3n) is 2.99. The number of oxazole rings is 1. The van der Waals surface area contributed by atoms with Crippen LogP contribution < -0.4 is 10.2 Å². The zero-order valence-corrected chi connectivity index (χ0v) is 11.9. The van der Waals surface area contributed by atoms with Crippen LogP contribution in [0.1, 0.15) is 0 Å². The molecule has 0 bridgehead atoms. The van der Waals surface area contributed by atoms with Crippen LogP contribution in [-0.2, 0) is 4.79 Å². The van der Waals surface area contributed by atoms with Gasteiger partial charge < -0.3 is 9.73 Å². The molecule has 3 aromatic rings. The Kier molecular flexibility index (Phi) is 3.76. The molecule has 2 aromatic carbocycles. The quantitative estimate of drug-likeness (QED) is 0.748. The van der Waals surface area contributed by atoms with Crippen LogP contribution in [0, 0.1) is 0 Å². The maximum absolute atomic E-state index is 12.2. The topological polar surface area (TPSA) is 75.4 Å². The van der Waals surface area contributed by atoms with Crippen LogP contribution >= 0.6 is 11.6 Å². The van der Waals surface area contributed by atoms with Gasteiger partial charge in [-0.2, -0.15) is 0 Å². The van der Waals surface area contributed by atoms with Gasteiger partial charge in [0.15, 0.2) is 12.0 Å². The minimum absolute atomic E-state index is 0.374. The normalized spacial score (nSPS) is 10.4. The third kappa shape index (κ3) is 2.77. The van der Waals surface area contributed by atoms with Gasteiger partial charge in [0.1, 0.15) is 5.52 Å². The number of nitrogens with one attached hydrogen (secondary N) is 1. The molecule has 0 aliphatic carbocycles. The number of amides is 3. The minimum Gasteiger partial charge on any atom is -0.443 e. The van der Waals surface area contributed by atoms with Crippen LogP contribution in [0.5, 0.6) is 0 Å². The first-order chi connectivity index (χ1) is 10.7. The molecule has 0 saturated carbocycles. The summed E-state index contributed by atoms with van der Waals surface area (Å²) in [7, 11) is 0. The average Bonchev–Trinajstić information content (AvgIpc) is 2.95. The summed E-state index contributed by atoms with van der Waals surface area (Å²) in [5, 5.41) is 3.08. The molecule has 0 aliphatic rings. The summed E-state index contributed by atoms with van der Waals surface area (Å²) in [5.41, 5.74) is 1.99. The highest BCUT2D eigenvalue weighted by atomic mass is 35.5. The van der Waals surface area contributed by atoms with E-state index in [1.165, 1.54) is 6.39 Å². The van der Waals surface area contributed by atoms with Crippen LogP contribution in [-0.4, -0.2) is 17.4 Å². The summed E-state index contributed by atoms with van der Waals surface area (Å²) in [6.07, 6.45) is 1.73. The molecule has 6 nitrogen and oxygen atoms in total. The first-order valence-electron chi connectivity index (χ1n) is 6.32. The molecule has 22 heavy (non-hydrogen) atoms. The molecule has 0 spiro atoms. The van der Waals surface area contributed by atoms with Gasteiger partial charge in [-0.25, -0.2) is 14.7 Å². The summed E-state index contributed by atoms with van der Waals surface area (Å²) < 4.78 is 5.16. The van der Waals surface area contributed by atoms with Crippen molar-refractivity contribution >= 4 is 46.5 Å². The number of benzene rings is 2. The minimum atomic E-state index is -0.601. The van der Waals surface area contributed by atoms with E-state index in [4.69, 9.17) is 16.0 Å². The van der Waals surface area contributed by atoms with Crippen molar-refractivity contribution in [3.05, 3.63) is 53.9 Å². The predicted octanol–water partition coefficient (Wildman–Crippen LogP) is 3.68. The first-order valence-corrected chi connectivity index (χ1v) is 6.69. The van der Waals surface area contributed by atoms with E-state index in [0.29, 0.717) is 33.9 Å². The van der Waals surface area contributed by atoms with Gasteiger partial charge in [-0.3, -0.25) is 4.79 Å². The number of hydrogen-bond donors (Lipinski definition) is 1. The van der Waals surface area contributed by atoms with Gasteiger partial charge in [0.2, 0.25) is 6.41 Å². The summed E-state index contributed by atoms with van der Waals surface area (Å²) in [5.74, 6) is 0. The van der Waals surface area contributed by atoms with Crippen molar-refractivity contribution in [3.63, 3.8) is 0 Å². The summed E-state index contributed by atoms with van der Waals surface area (Å²) >= 11 is 5.86. The van der Waals surface area contributed by atoms with Gasteiger partial charge in [0.05, 0.1) is 5.69 Å². The third-order valence-corrected chi connectivity index (χ3v) is 3.23. The summed E-state index contributed by atoms with van der Waals surface area (Å²) in [6.45, 7) is 0. The number of halogens is 1. The van der Waals surface area contributed by atoms with E-state index in [-0.39, 0.29) is 0 Å². The van der Waals surface area contributed by atoms with Gasteiger partial charge in [0, 0.05) is 16.8 Å². The maximum Gasteiger partial charge on any atom is 0.332 e. The van der Waals surface area contributed by atoms with E-state index in [0.717, 1.165) is 4.90 Å². The molecule has 110 valence electrons. The Labute approximate surface area is 130 Å². The Hall–Kier alpha value is -2.86. The highest BCUT2D eigenvalue weighted by Gasteiger charge is 2.16. The Morgan fingerprint density at radius 2 is 2.14 bits per heavy atom. The molecular weight excluding hydrogens is 306 g/mol. The Balaban J connectivity index is 1.86. The van der Waals surface area contributed by atoms with E-state index in [9.17, 15) is 9.59 Å². The van der Waals surface area contributed by atoms with Crippen molar-refractivity contribution in [1.29, 1.82) is 0 Å². The second-order valence-electron chi connectivity index (χ2n) is 4.42. The van der Waals surface area contributed by atoms with E-state index >= 15 is 0 Å². The molecule has 0 atom stereocenters. The van der Waals surface area contributed by atoms with Crippen LogP contribution in [0.2, 0.25) is 5.02 Å². The number of carbonyl (C=O) groups excluding carboxylic acids is 2. The number of urea groups is 1. The lowest BCUT2D eigenvalue weighted by molar-refractivity contribution is -0.106. The van der Waals surface area contributed by atoms with Crippen molar-refractivity contribution < 1.29 is 14.0 Å². The van der Waals surface area contributed by atoms with E-state index < -0.39 is 6.03 Å². The predicted molar refractivity (Wildman–Crippen MR) is 83.0 cm³/mol. The van der Waals surface area contributed by atoms with Crippen molar-refractivity contribution in [2.45, 2.75) is 0 Å². The molecule has 7 heteroatoms. The molecule has 1 heterocycles. The Morgan fingerprint density at radius 3 is 2.91 bits per heavy atom. The van der Waals surface area contributed by atoms with Crippen molar-refractivity contribution in [1.82, 2.24) is 4.98 Å². The standard InChI is InChI=1S/C15H10ClN3O3/c16-10-2-1-3-11(6-10)18-15(21)19(9-20)12-4-5-13-14(7-12)22-8-17-13/h1-9H,(H,18,21). The molecule has 3 rings (SSSR count). The molecule has 0 aliphatic heterocycles. The zero-order chi connectivity index (χ0) is 15.5. The second-order valence-corrected chi connectivity index (χ2v) is 4.86. The number of aromatic nitrogens is 1. The van der Waals surface area contributed by atoms with E-state index in [1.807, 2.05) is 0 Å². The second kappa shape index (κ2) is 5.87. The number of fused-ring (bicyclic) bond motifs is 1. The summed E-state index contributed by atoms with van der Waals surface area (Å²) in [4.78, 5) is 28.4. The SMILES string of the molecule is O=CN(C(=O)Nc1cccc(Cl)c1)c1ccc2ncoc2c1. The van der Waals surface area contributed by atoms with Gasteiger partial charge in [0.25, 0.3) is 0 Å². The molecule has 1 aromatic heterocycles. The number of nitrogens with zero attached hydrogens (tertiary/aromatic N) is 2. The van der Waals surface area contributed by atoms with Crippen molar-refractivity contribution in [2.75, 3.05) is 10.2 Å². The smallest absolute Gasteiger partial charge is 0.332 e. The monoisotopic (exact) mass is 315 g/mol. The van der Waals surface area contributed by atoms with Crippen LogP contribution in [0.25, 0.3) is 11.1 Å². The van der Waals surface area contributed by atoms with Gasteiger partial charge in [-0.1, -0.05) is 17.7 Å². The molecular formula is C15H10ClN3O3. The number of hydrogen-bond acceptors (Lipinski definition) is 4. The lowest BCUT2D eigenvalue weighted by Gasteiger charge is -2.16. The molecule has 0 unspecified atom stereocenters. The van der Waals surface area contributed by atoms with Crippen LogP contribution in [0.4, 0.5) is 16.2 Å². The Bertz CT molecular complexity index is 847. The fourth-order valence-electron chi connectivity index (χ4n) is 1.97. The lowest BCUT2D eigenvalue weighted by atomic mass is 10.2. The molecule has 0 radical (unpaired) electrons. The number of anilines is 2. The van der Waals surface area contributed by atoms with Crippen LogP contribution in [0.15, 0.2) is 53.3 Å². The maximum atomic E-state index is 12.2. The van der Waals surface area contributed by atoms with Crippen LogP contribution in [0.3, 0.4) is 0 Å². The Morgan fingerprint density at radius 1 is 1.27 bits per heavy atom.